The maximum Gasteiger partial charge on any atom is 0.168 e. The van der Waals surface area contributed by atoms with E-state index in [1.54, 1.807) is 12.1 Å². The third-order valence-electron chi connectivity index (χ3n) is 2.13. The van der Waals surface area contributed by atoms with Crippen molar-refractivity contribution in [2.75, 3.05) is 6.61 Å². The predicted octanol–water partition coefficient (Wildman–Crippen LogP) is 2.69. The first-order valence-corrected chi connectivity index (χ1v) is 5.10. The summed E-state index contributed by atoms with van der Waals surface area (Å²) in [5, 5.41) is 9.66. The molecule has 0 amide bonds. The zero-order chi connectivity index (χ0) is 11.3. The van der Waals surface area contributed by atoms with Crippen molar-refractivity contribution in [1.82, 2.24) is 0 Å². The SMILES string of the molecule is CCCCOc1cc(C)cc(C=O)c1O. The topological polar surface area (TPSA) is 46.5 Å². The van der Waals surface area contributed by atoms with Crippen molar-refractivity contribution in [3.05, 3.63) is 23.3 Å². The van der Waals surface area contributed by atoms with Crippen LogP contribution in [0.15, 0.2) is 12.1 Å². The number of ether oxygens (including phenoxy) is 1. The fourth-order valence-corrected chi connectivity index (χ4v) is 1.30. The molecule has 3 heteroatoms. The van der Waals surface area contributed by atoms with Gasteiger partial charge in [-0.3, -0.25) is 4.79 Å². The van der Waals surface area contributed by atoms with Gasteiger partial charge in [-0.05, 0) is 31.0 Å². The molecule has 1 aromatic carbocycles. The number of aromatic hydroxyl groups is 1. The Balaban J connectivity index is 2.86. The summed E-state index contributed by atoms with van der Waals surface area (Å²) >= 11 is 0. The molecule has 0 bridgehead atoms. The molecule has 0 aliphatic carbocycles. The van der Waals surface area contributed by atoms with Gasteiger partial charge in [-0.25, -0.2) is 0 Å². The van der Waals surface area contributed by atoms with Gasteiger partial charge in [-0.15, -0.1) is 0 Å². The molecule has 0 atom stereocenters. The zero-order valence-electron chi connectivity index (χ0n) is 9.12. The van der Waals surface area contributed by atoms with Crippen LogP contribution in [-0.4, -0.2) is 18.0 Å². The Morgan fingerprint density at radius 1 is 1.47 bits per heavy atom. The Bertz CT molecular complexity index is 345. The lowest BCUT2D eigenvalue weighted by atomic mass is 10.1. The Labute approximate surface area is 89.7 Å². The zero-order valence-corrected chi connectivity index (χ0v) is 9.12. The molecule has 0 saturated carbocycles. The standard InChI is InChI=1S/C12H16O3/c1-3-4-5-15-11-7-9(2)6-10(8-13)12(11)14/h6-8,14H,3-5H2,1-2H3. The highest BCUT2D eigenvalue weighted by Crippen LogP contribution is 2.30. The van der Waals surface area contributed by atoms with E-state index in [2.05, 4.69) is 6.92 Å². The lowest BCUT2D eigenvalue weighted by molar-refractivity contribution is 0.112. The Morgan fingerprint density at radius 3 is 2.80 bits per heavy atom. The number of hydrogen-bond acceptors (Lipinski definition) is 3. The number of carbonyl (C=O) groups is 1. The van der Waals surface area contributed by atoms with Gasteiger partial charge >= 0.3 is 0 Å². The van der Waals surface area contributed by atoms with Crippen LogP contribution in [0.3, 0.4) is 0 Å². The molecule has 1 aromatic rings. The molecule has 82 valence electrons. The van der Waals surface area contributed by atoms with Gasteiger partial charge in [-0.2, -0.15) is 0 Å². The van der Waals surface area contributed by atoms with Crippen molar-refractivity contribution in [2.45, 2.75) is 26.7 Å². The van der Waals surface area contributed by atoms with Crippen molar-refractivity contribution in [1.29, 1.82) is 0 Å². The first kappa shape index (κ1) is 11.6. The molecule has 0 fully saturated rings. The fourth-order valence-electron chi connectivity index (χ4n) is 1.30. The third kappa shape index (κ3) is 2.98. The fraction of sp³-hybridized carbons (Fsp3) is 0.417. The summed E-state index contributed by atoms with van der Waals surface area (Å²) in [4.78, 5) is 10.6. The van der Waals surface area contributed by atoms with Gasteiger partial charge in [0.1, 0.15) is 0 Å². The van der Waals surface area contributed by atoms with E-state index in [4.69, 9.17) is 4.74 Å². The molecule has 0 aromatic heterocycles. The van der Waals surface area contributed by atoms with Crippen molar-refractivity contribution < 1.29 is 14.6 Å². The third-order valence-corrected chi connectivity index (χ3v) is 2.13. The van der Waals surface area contributed by atoms with E-state index >= 15 is 0 Å². The highest BCUT2D eigenvalue weighted by molar-refractivity contribution is 5.81. The van der Waals surface area contributed by atoms with Crippen LogP contribution in [0.1, 0.15) is 35.7 Å². The second kappa shape index (κ2) is 5.39. The van der Waals surface area contributed by atoms with Crippen LogP contribution in [0.4, 0.5) is 0 Å². The molecule has 0 aliphatic heterocycles. The van der Waals surface area contributed by atoms with Gasteiger partial charge in [0.25, 0.3) is 0 Å². The number of aldehydes is 1. The van der Waals surface area contributed by atoms with Crippen LogP contribution in [0, 0.1) is 6.92 Å². The largest absolute Gasteiger partial charge is 0.504 e. The van der Waals surface area contributed by atoms with E-state index in [0.717, 1.165) is 18.4 Å². The van der Waals surface area contributed by atoms with Crippen LogP contribution < -0.4 is 4.74 Å². The first-order chi connectivity index (χ1) is 7.19. The second-order valence-electron chi connectivity index (χ2n) is 3.52. The average molecular weight is 208 g/mol. The highest BCUT2D eigenvalue weighted by atomic mass is 16.5. The molecule has 0 heterocycles. The van der Waals surface area contributed by atoms with E-state index < -0.39 is 0 Å². The van der Waals surface area contributed by atoms with Crippen molar-refractivity contribution >= 4 is 6.29 Å². The van der Waals surface area contributed by atoms with Crippen LogP contribution in [-0.2, 0) is 0 Å². The molecule has 3 nitrogen and oxygen atoms in total. The molecule has 0 spiro atoms. The average Bonchev–Trinajstić information content (AvgIpc) is 2.23. The van der Waals surface area contributed by atoms with Crippen molar-refractivity contribution in [3.63, 3.8) is 0 Å². The molecule has 1 rings (SSSR count). The van der Waals surface area contributed by atoms with Crippen LogP contribution >= 0.6 is 0 Å². The van der Waals surface area contributed by atoms with E-state index in [0.29, 0.717) is 18.6 Å². The van der Waals surface area contributed by atoms with E-state index in [1.807, 2.05) is 6.92 Å². The Hall–Kier alpha value is -1.51. The monoisotopic (exact) mass is 208 g/mol. The van der Waals surface area contributed by atoms with E-state index in [9.17, 15) is 9.90 Å². The summed E-state index contributed by atoms with van der Waals surface area (Å²) in [6.45, 7) is 4.49. The maximum atomic E-state index is 10.6. The summed E-state index contributed by atoms with van der Waals surface area (Å²) in [5.41, 5.74) is 1.18. The van der Waals surface area contributed by atoms with E-state index in [-0.39, 0.29) is 11.3 Å². The van der Waals surface area contributed by atoms with Gasteiger partial charge in [0.15, 0.2) is 17.8 Å². The number of phenolic OH excluding ortho intramolecular Hbond substituents is 1. The minimum Gasteiger partial charge on any atom is -0.504 e. The van der Waals surface area contributed by atoms with Gasteiger partial charge in [-0.1, -0.05) is 13.3 Å². The number of hydrogen-bond donors (Lipinski definition) is 1. The maximum absolute atomic E-state index is 10.6. The minimum absolute atomic E-state index is 0.0632. The lowest BCUT2D eigenvalue weighted by Gasteiger charge is -2.09. The number of aryl methyl sites for hydroxylation is 1. The van der Waals surface area contributed by atoms with Gasteiger partial charge < -0.3 is 9.84 Å². The molecule has 15 heavy (non-hydrogen) atoms. The van der Waals surface area contributed by atoms with Gasteiger partial charge in [0.05, 0.1) is 12.2 Å². The predicted molar refractivity (Wildman–Crippen MR) is 58.6 cm³/mol. The van der Waals surface area contributed by atoms with Crippen molar-refractivity contribution in [2.24, 2.45) is 0 Å². The number of rotatable bonds is 5. The van der Waals surface area contributed by atoms with Gasteiger partial charge in [0, 0.05) is 0 Å². The molecule has 0 unspecified atom stereocenters. The summed E-state index contributed by atoms with van der Waals surface area (Å²) < 4.78 is 5.39. The Kier molecular flexibility index (Phi) is 4.16. The highest BCUT2D eigenvalue weighted by Gasteiger charge is 2.08. The second-order valence-corrected chi connectivity index (χ2v) is 3.52. The molecule has 0 aliphatic rings. The first-order valence-electron chi connectivity index (χ1n) is 5.10. The van der Waals surface area contributed by atoms with Crippen LogP contribution in [0.2, 0.25) is 0 Å². The molecule has 0 radical (unpaired) electrons. The summed E-state index contributed by atoms with van der Waals surface area (Å²) in [5.74, 6) is 0.331. The summed E-state index contributed by atoms with van der Waals surface area (Å²) in [6.07, 6.45) is 2.60. The minimum atomic E-state index is -0.0632. The number of benzene rings is 1. The normalized spacial score (nSPS) is 10.0. The number of phenols is 1. The molecule has 0 saturated heterocycles. The van der Waals surface area contributed by atoms with Gasteiger partial charge in [0.2, 0.25) is 0 Å². The van der Waals surface area contributed by atoms with Crippen molar-refractivity contribution in [3.8, 4) is 11.5 Å². The molecule has 1 N–H and O–H groups in total. The smallest absolute Gasteiger partial charge is 0.168 e. The van der Waals surface area contributed by atoms with Crippen LogP contribution in [0.25, 0.3) is 0 Å². The number of carbonyl (C=O) groups excluding carboxylic acids is 1. The number of unbranched alkanes of at least 4 members (excludes halogenated alkanes) is 1. The van der Waals surface area contributed by atoms with Crippen LogP contribution in [0.5, 0.6) is 11.5 Å². The molecular formula is C12H16O3. The molecular weight excluding hydrogens is 192 g/mol. The lowest BCUT2D eigenvalue weighted by Crippen LogP contribution is -1.98. The summed E-state index contributed by atoms with van der Waals surface area (Å²) in [6, 6.07) is 3.37. The Morgan fingerprint density at radius 2 is 2.20 bits per heavy atom. The quantitative estimate of drug-likeness (QED) is 0.597. The summed E-state index contributed by atoms with van der Waals surface area (Å²) in [7, 11) is 0. The van der Waals surface area contributed by atoms with E-state index in [1.165, 1.54) is 0 Å².